The zero-order chi connectivity index (χ0) is 18.5. The summed E-state index contributed by atoms with van der Waals surface area (Å²) in [6.45, 7) is 1.98. The summed E-state index contributed by atoms with van der Waals surface area (Å²) in [7, 11) is 0. The lowest BCUT2D eigenvalue weighted by molar-refractivity contribution is -0.0679. The van der Waals surface area contributed by atoms with E-state index in [0.29, 0.717) is 11.5 Å². The molecule has 0 radical (unpaired) electrons. The van der Waals surface area contributed by atoms with E-state index in [0.717, 1.165) is 12.8 Å². The molecule has 0 aromatic rings. The highest BCUT2D eigenvalue weighted by Crippen LogP contribution is 2.21. The molecule has 1 aliphatic rings. The monoisotopic (exact) mass is 376 g/mol. The van der Waals surface area contributed by atoms with E-state index < -0.39 is 31.0 Å². The first kappa shape index (κ1) is 22.8. The summed E-state index contributed by atoms with van der Waals surface area (Å²) in [6.07, 6.45) is 10.0. The molecule has 1 heterocycles. The first-order valence-electron chi connectivity index (χ1n) is 9.88. The van der Waals surface area contributed by atoms with E-state index in [9.17, 15) is 10.2 Å². The van der Waals surface area contributed by atoms with Gasteiger partial charge in [-0.15, -0.1) is 0 Å². The van der Waals surface area contributed by atoms with Gasteiger partial charge in [-0.1, -0.05) is 64.7 Å². The number of aliphatic hydroxyl groups is 3. The molecule has 0 aliphatic carbocycles. The Bertz CT molecular complexity index is 353. The van der Waals surface area contributed by atoms with Gasteiger partial charge in [-0.25, -0.2) is 0 Å². The molecule has 0 aromatic carbocycles. The number of thiocarbonyl (C=S) groups is 1. The average Bonchev–Trinajstić information content (AvgIpc) is 2.96. The predicted octanol–water partition coefficient (Wildman–Crippen LogP) is 3.12. The normalized spacial score (nSPS) is 24.4. The summed E-state index contributed by atoms with van der Waals surface area (Å²) in [5.74, 6) is 0. The number of hydrogen-bond acceptors (Lipinski definition) is 6. The highest BCUT2D eigenvalue weighted by molar-refractivity contribution is 7.80. The van der Waals surface area contributed by atoms with Crippen LogP contribution in [0.4, 0.5) is 0 Å². The summed E-state index contributed by atoms with van der Waals surface area (Å²) in [5.41, 5.74) is 0. The first-order chi connectivity index (χ1) is 12.1. The highest BCUT2D eigenvalue weighted by Gasteiger charge is 2.41. The molecular formula is C19H36O5S. The zero-order valence-corrected chi connectivity index (χ0v) is 16.4. The van der Waals surface area contributed by atoms with Crippen molar-refractivity contribution in [3.63, 3.8) is 0 Å². The molecule has 25 heavy (non-hydrogen) atoms. The predicted molar refractivity (Wildman–Crippen MR) is 103 cm³/mol. The van der Waals surface area contributed by atoms with Crippen LogP contribution in [0.1, 0.15) is 77.6 Å². The second kappa shape index (κ2) is 13.9. The van der Waals surface area contributed by atoms with Crippen molar-refractivity contribution >= 4 is 17.3 Å². The van der Waals surface area contributed by atoms with Crippen molar-refractivity contribution in [3.05, 3.63) is 0 Å². The molecule has 5 nitrogen and oxygen atoms in total. The second-order valence-corrected chi connectivity index (χ2v) is 7.45. The van der Waals surface area contributed by atoms with E-state index in [4.69, 9.17) is 26.8 Å². The molecule has 0 aromatic heterocycles. The summed E-state index contributed by atoms with van der Waals surface area (Å²) in [6, 6.07) is 0. The molecular weight excluding hydrogens is 340 g/mol. The quantitative estimate of drug-likeness (QED) is 0.319. The van der Waals surface area contributed by atoms with Crippen LogP contribution in [0.3, 0.4) is 0 Å². The van der Waals surface area contributed by atoms with Crippen LogP contribution in [0.25, 0.3) is 0 Å². The van der Waals surface area contributed by atoms with Crippen molar-refractivity contribution < 1.29 is 24.8 Å². The number of aliphatic hydroxyl groups excluding tert-OH is 3. The Balaban J connectivity index is 2.01. The van der Waals surface area contributed by atoms with Crippen LogP contribution in [-0.2, 0) is 9.47 Å². The molecule has 148 valence electrons. The largest absolute Gasteiger partial charge is 0.479 e. The third-order valence-corrected chi connectivity index (χ3v) is 5.05. The molecule has 0 spiro atoms. The molecule has 0 bridgehead atoms. The van der Waals surface area contributed by atoms with Crippen LogP contribution >= 0.6 is 12.2 Å². The SMILES string of the molecule is CCCCCCCCCCCCC(=S)O[C@@H]1CO[C@H]([C@@H](O)CO)[C@@H]1O. The van der Waals surface area contributed by atoms with Gasteiger partial charge in [0.2, 0.25) is 0 Å². The van der Waals surface area contributed by atoms with Crippen LogP contribution in [0.15, 0.2) is 0 Å². The molecule has 1 rings (SSSR count). The van der Waals surface area contributed by atoms with Crippen LogP contribution in [0.5, 0.6) is 0 Å². The van der Waals surface area contributed by atoms with Crippen molar-refractivity contribution in [2.75, 3.05) is 13.2 Å². The van der Waals surface area contributed by atoms with Gasteiger partial charge in [-0.2, -0.15) is 0 Å². The fourth-order valence-electron chi connectivity index (χ4n) is 3.15. The minimum atomic E-state index is -1.10. The Morgan fingerprint density at radius 1 is 1.08 bits per heavy atom. The topological polar surface area (TPSA) is 79.2 Å². The van der Waals surface area contributed by atoms with Crippen LogP contribution in [0.2, 0.25) is 0 Å². The summed E-state index contributed by atoms with van der Waals surface area (Å²) in [5, 5.41) is 29.0. The summed E-state index contributed by atoms with van der Waals surface area (Å²) >= 11 is 5.24. The first-order valence-corrected chi connectivity index (χ1v) is 10.3. The Morgan fingerprint density at radius 3 is 2.20 bits per heavy atom. The second-order valence-electron chi connectivity index (χ2n) is 7.00. The molecule has 1 saturated heterocycles. The summed E-state index contributed by atoms with van der Waals surface area (Å²) in [4.78, 5) is 0. The van der Waals surface area contributed by atoms with Gasteiger partial charge in [0.1, 0.15) is 18.3 Å². The molecule has 4 atom stereocenters. The number of rotatable bonds is 14. The fraction of sp³-hybridized carbons (Fsp3) is 0.947. The number of ether oxygens (including phenoxy) is 2. The van der Waals surface area contributed by atoms with E-state index in [1.807, 2.05) is 0 Å². The van der Waals surface area contributed by atoms with E-state index in [-0.39, 0.29) is 6.61 Å². The van der Waals surface area contributed by atoms with Crippen molar-refractivity contribution in [3.8, 4) is 0 Å². The van der Waals surface area contributed by atoms with Gasteiger partial charge in [-0.05, 0) is 18.6 Å². The minimum Gasteiger partial charge on any atom is -0.479 e. The number of unbranched alkanes of at least 4 members (excludes halogenated alkanes) is 9. The maximum atomic E-state index is 10.1. The van der Waals surface area contributed by atoms with Crippen LogP contribution in [-0.4, -0.2) is 58.0 Å². The van der Waals surface area contributed by atoms with Gasteiger partial charge in [0.05, 0.1) is 13.2 Å². The van der Waals surface area contributed by atoms with E-state index in [1.165, 1.54) is 51.4 Å². The molecule has 6 heteroatoms. The lowest BCUT2D eigenvalue weighted by Crippen LogP contribution is -2.41. The van der Waals surface area contributed by atoms with Crippen molar-refractivity contribution in [2.24, 2.45) is 0 Å². The molecule has 0 saturated carbocycles. The highest BCUT2D eigenvalue weighted by atomic mass is 32.1. The van der Waals surface area contributed by atoms with E-state index in [2.05, 4.69) is 6.92 Å². The van der Waals surface area contributed by atoms with Crippen molar-refractivity contribution in [1.29, 1.82) is 0 Å². The van der Waals surface area contributed by atoms with Gasteiger partial charge >= 0.3 is 0 Å². The van der Waals surface area contributed by atoms with Crippen LogP contribution in [0, 0.1) is 0 Å². The van der Waals surface area contributed by atoms with Gasteiger partial charge in [0, 0.05) is 6.42 Å². The van der Waals surface area contributed by atoms with Gasteiger partial charge in [0.15, 0.2) is 11.2 Å². The zero-order valence-electron chi connectivity index (χ0n) is 15.6. The van der Waals surface area contributed by atoms with Gasteiger partial charge < -0.3 is 24.8 Å². The van der Waals surface area contributed by atoms with E-state index in [1.54, 1.807) is 0 Å². The standard InChI is InChI=1S/C19H36O5S/c1-2-3-4-5-6-7-8-9-10-11-12-17(25)24-16-14-23-19(18(16)22)15(21)13-20/h15-16,18-22H,2-14H2,1H3/t15-,16+,18+,19+/m0/s1. The molecule has 1 fully saturated rings. The van der Waals surface area contributed by atoms with Gasteiger partial charge in [0.25, 0.3) is 0 Å². The lowest BCUT2D eigenvalue weighted by atomic mass is 10.1. The van der Waals surface area contributed by atoms with Crippen molar-refractivity contribution in [2.45, 2.75) is 102 Å². The van der Waals surface area contributed by atoms with Gasteiger partial charge in [-0.3, -0.25) is 0 Å². The fourth-order valence-corrected chi connectivity index (χ4v) is 3.41. The smallest absolute Gasteiger partial charge is 0.160 e. The molecule has 0 unspecified atom stereocenters. The third-order valence-electron chi connectivity index (χ3n) is 4.75. The lowest BCUT2D eigenvalue weighted by Gasteiger charge is -2.21. The summed E-state index contributed by atoms with van der Waals surface area (Å²) < 4.78 is 10.9. The maximum Gasteiger partial charge on any atom is 0.160 e. The molecule has 1 aliphatic heterocycles. The van der Waals surface area contributed by atoms with Crippen LogP contribution < -0.4 is 0 Å². The maximum absolute atomic E-state index is 10.1. The Kier molecular flexibility index (Phi) is 12.6. The minimum absolute atomic E-state index is 0.182. The van der Waals surface area contributed by atoms with E-state index >= 15 is 0 Å². The van der Waals surface area contributed by atoms with Crippen molar-refractivity contribution in [1.82, 2.24) is 0 Å². The molecule has 3 N–H and O–H groups in total. The Morgan fingerprint density at radius 2 is 1.64 bits per heavy atom. The third kappa shape index (κ3) is 9.29. The Labute approximate surface area is 157 Å². The number of hydrogen-bond donors (Lipinski definition) is 3. The Hall–Kier alpha value is -0.270. The molecule has 0 amide bonds. The average molecular weight is 377 g/mol.